The van der Waals surface area contributed by atoms with E-state index in [1.165, 1.54) is 17.4 Å². The predicted molar refractivity (Wildman–Crippen MR) is 147 cm³/mol. The van der Waals surface area contributed by atoms with Gasteiger partial charge < -0.3 is 31.0 Å². The third-order valence-electron chi connectivity index (χ3n) is 6.63. The number of hydrogen-bond acceptors (Lipinski definition) is 8. The Morgan fingerprint density at radius 3 is 2.62 bits per heavy atom. The summed E-state index contributed by atoms with van der Waals surface area (Å²) in [6.07, 6.45) is 3.38. The van der Waals surface area contributed by atoms with E-state index in [9.17, 15) is 4.79 Å². The second kappa shape index (κ2) is 10.3. The molecule has 0 saturated carbocycles. The first kappa shape index (κ1) is 24.8. The molecule has 0 bridgehead atoms. The maximum absolute atomic E-state index is 15.3. The molecule has 3 aromatic heterocycles. The molecule has 1 aromatic carbocycles. The van der Waals surface area contributed by atoms with Gasteiger partial charge in [0.1, 0.15) is 22.3 Å². The summed E-state index contributed by atoms with van der Waals surface area (Å²) in [4.78, 5) is 24.2. The highest BCUT2D eigenvalue weighted by molar-refractivity contribution is 7.12. The third-order valence-corrected chi connectivity index (χ3v) is 7.56. The lowest BCUT2D eigenvalue weighted by Crippen LogP contribution is -2.49. The first-order valence-corrected chi connectivity index (χ1v) is 13.0. The van der Waals surface area contributed by atoms with Crippen LogP contribution < -0.4 is 26.0 Å². The highest BCUT2D eigenvalue weighted by atomic mass is 32.1. The average molecular weight is 524 g/mol. The molecule has 1 amide bonds. The van der Waals surface area contributed by atoms with Gasteiger partial charge in [-0.15, -0.1) is 11.3 Å². The Balaban J connectivity index is 1.39. The van der Waals surface area contributed by atoms with Crippen LogP contribution in [-0.4, -0.2) is 60.1 Å². The second-order valence-corrected chi connectivity index (χ2v) is 10.1. The van der Waals surface area contributed by atoms with Crippen molar-refractivity contribution in [2.45, 2.75) is 19.9 Å². The van der Waals surface area contributed by atoms with Gasteiger partial charge in [0, 0.05) is 49.7 Å². The van der Waals surface area contributed by atoms with E-state index in [0.717, 1.165) is 37.1 Å². The average Bonchev–Trinajstić information content (AvgIpc) is 3.51. The van der Waals surface area contributed by atoms with Gasteiger partial charge in [0.2, 0.25) is 0 Å². The molecule has 1 aliphatic heterocycles. The number of aromatic amines is 1. The lowest BCUT2D eigenvalue weighted by atomic mass is 10.2. The number of piperazine rings is 1. The number of methoxy groups -OCH3 is 1. The maximum Gasteiger partial charge on any atom is 0.260 e. The highest BCUT2D eigenvalue weighted by Crippen LogP contribution is 2.37. The summed E-state index contributed by atoms with van der Waals surface area (Å²) in [5.41, 5.74) is 8.62. The van der Waals surface area contributed by atoms with E-state index in [-0.39, 0.29) is 5.82 Å². The minimum Gasteiger partial charge on any atom is -0.494 e. The van der Waals surface area contributed by atoms with Crippen LogP contribution in [0.3, 0.4) is 0 Å². The van der Waals surface area contributed by atoms with Crippen LogP contribution in [0, 0.1) is 5.82 Å². The number of aromatic nitrogens is 2. The van der Waals surface area contributed by atoms with Crippen LogP contribution in [-0.2, 0) is 0 Å². The number of ether oxygens (including phenoxy) is 1. The predicted octanol–water partition coefficient (Wildman–Crippen LogP) is 4.89. The Morgan fingerprint density at radius 2 is 1.92 bits per heavy atom. The van der Waals surface area contributed by atoms with Crippen molar-refractivity contribution < 1.29 is 13.9 Å². The largest absolute Gasteiger partial charge is 0.494 e. The van der Waals surface area contributed by atoms with Crippen LogP contribution in [0.25, 0.3) is 10.9 Å². The fraction of sp³-hybridized carbons (Fsp3) is 0.308. The van der Waals surface area contributed by atoms with Crippen LogP contribution >= 0.6 is 11.3 Å². The van der Waals surface area contributed by atoms with Crippen molar-refractivity contribution in [2.75, 3.05) is 48.8 Å². The lowest BCUT2D eigenvalue weighted by Gasteiger charge is -2.38. The normalized spacial score (nSPS) is 14.4. The number of rotatable bonds is 8. The molecule has 5 rings (SSSR count). The van der Waals surface area contributed by atoms with Crippen molar-refractivity contribution in [1.82, 2.24) is 14.9 Å². The van der Waals surface area contributed by atoms with Gasteiger partial charge in [0.25, 0.3) is 5.91 Å². The second-order valence-electron chi connectivity index (χ2n) is 9.23. The quantitative estimate of drug-likeness (QED) is 0.260. The van der Waals surface area contributed by atoms with Crippen molar-refractivity contribution in [3.05, 3.63) is 52.7 Å². The Kier molecular flexibility index (Phi) is 6.90. The molecule has 4 heterocycles. The molecule has 0 spiro atoms. The van der Waals surface area contributed by atoms with Crippen molar-refractivity contribution in [3.8, 4) is 5.75 Å². The summed E-state index contributed by atoms with van der Waals surface area (Å²) >= 11 is 1.27. The summed E-state index contributed by atoms with van der Waals surface area (Å²) in [5.74, 6) is 0.385. The zero-order valence-corrected chi connectivity index (χ0v) is 21.8. The Labute approximate surface area is 218 Å². The molecule has 0 aliphatic carbocycles. The number of carbonyl (C=O) groups excluding carboxylic acids is 1. The van der Waals surface area contributed by atoms with Gasteiger partial charge in [-0.2, -0.15) is 0 Å². The maximum atomic E-state index is 15.3. The zero-order chi connectivity index (χ0) is 26.1. The molecule has 194 valence electrons. The third kappa shape index (κ3) is 5.05. The van der Waals surface area contributed by atoms with Crippen molar-refractivity contribution in [3.63, 3.8) is 0 Å². The van der Waals surface area contributed by atoms with E-state index in [1.54, 1.807) is 37.0 Å². The van der Waals surface area contributed by atoms with Crippen LogP contribution in [0.15, 0.2) is 42.0 Å². The van der Waals surface area contributed by atoms with E-state index in [0.29, 0.717) is 45.2 Å². The number of benzene rings is 1. The zero-order valence-electron chi connectivity index (χ0n) is 21.0. The molecular formula is C26H30FN7O2S. The highest BCUT2D eigenvalue weighted by Gasteiger charge is 2.23. The SMILES string of the molecule is COc1cc(N2CCN(C(C)C)CC2)c(F)cc1Nc1cc2c(Nc3ccsc3C(N)=O)cncc2[nH]1. The molecule has 1 fully saturated rings. The number of amides is 1. The van der Waals surface area contributed by atoms with Crippen LogP contribution in [0.2, 0.25) is 0 Å². The number of nitrogens with one attached hydrogen (secondary N) is 3. The molecule has 9 nitrogen and oxygen atoms in total. The smallest absolute Gasteiger partial charge is 0.260 e. The molecule has 37 heavy (non-hydrogen) atoms. The molecule has 4 aromatic rings. The van der Waals surface area contributed by atoms with E-state index < -0.39 is 5.91 Å². The lowest BCUT2D eigenvalue weighted by molar-refractivity contribution is 0.100. The molecule has 11 heteroatoms. The first-order valence-electron chi connectivity index (χ1n) is 12.1. The number of nitrogens with zero attached hydrogens (tertiary/aromatic N) is 3. The van der Waals surface area contributed by atoms with Crippen LogP contribution in [0.4, 0.5) is 33.0 Å². The van der Waals surface area contributed by atoms with Gasteiger partial charge in [-0.25, -0.2) is 4.39 Å². The molecule has 1 aliphatic rings. The van der Waals surface area contributed by atoms with Gasteiger partial charge >= 0.3 is 0 Å². The minimum absolute atomic E-state index is 0.308. The number of pyridine rings is 1. The number of thiophene rings is 1. The van der Waals surface area contributed by atoms with Crippen LogP contribution in [0.5, 0.6) is 5.75 Å². The number of fused-ring (bicyclic) bond motifs is 1. The number of carbonyl (C=O) groups is 1. The topological polar surface area (TPSA) is 112 Å². The molecular weight excluding hydrogens is 493 g/mol. The van der Waals surface area contributed by atoms with E-state index in [1.807, 2.05) is 6.07 Å². The van der Waals surface area contributed by atoms with Gasteiger partial charge in [-0.05, 0) is 31.4 Å². The number of H-pyrrole nitrogens is 1. The van der Waals surface area contributed by atoms with Crippen LogP contribution in [0.1, 0.15) is 23.5 Å². The summed E-state index contributed by atoms with van der Waals surface area (Å²) in [5, 5.41) is 9.14. The van der Waals surface area contributed by atoms with Gasteiger partial charge in [-0.1, -0.05) is 0 Å². The fourth-order valence-electron chi connectivity index (χ4n) is 4.64. The Hall–Kier alpha value is -3.83. The monoisotopic (exact) mass is 523 g/mol. The van der Waals surface area contributed by atoms with Crippen molar-refractivity contribution >= 4 is 56.7 Å². The van der Waals surface area contributed by atoms with E-state index in [2.05, 4.69) is 44.2 Å². The molecule has 1 saturated heterocycles. The fourth-order valence-corrected chi connectivity index (χ4v) is 5.34. The summed E-state index contributed by atoms with van der Waals surface area (Å²) in [6, 6.07) is 7.39. The number of primary amides is 1. The van der Waals surface area contributed by atoms with Crippen molar-refractivity contribution in [1.29, 1.82) is 0 Å². The summed E-state index contributed by atoms with van der Waals surface area (Å²) in [7, 11) is 1.58. The number of halogens is 1. The molecule has 5 N–H and O–H groups in total. The van der Waals surface area contributed by atoms with E-state index >= 15 is 4.39 Å². The molecule has 0 radical (unpaired) electrons. The van der Waals surface area contributed by atoms with Gasteiger partial charge in [-0.3, -0.25) is 14.7 Å². The Morgan fingerprint density at radius 1 is 1.14 bits per heavy atom. The Bertz CT molecular complexity index is 1430. The summed E-state index contributed by atoms with van der Waals surface area (Å²) < 4.78 is 20.9. The summed E-state index contributed by atoms with van der Waals surface area (Å²) in [6.45, 7) is 7.67. The van der Waals surface area contributed by atoms with Gasteiger partial charge in [0.05, 0.1) is 47.8 Å². The number of anilines is 5. The number of nitrogens with two attached hydrogens (primary N) is 1. The molecule has 0 atom stereocenters. The van der Waals surface area contributed by atoms with E-state index in [4.69, 9.17) is 10.5 Å². The minimum atomic E-state index is -0.492. The first-order chi connectivity index (χ1) is 17.8. The van der Waals surface area contributed by atoms with Gasteiger partial charge in [0.15, 0.2) is 0 Å². The standard InChI is InChI=1S/C26H30FN7O2S/c1-15(2)33-5-7-34(8-6-33)22-12-23(36-3)19(11-17(22)27)31-24-10-16-20(13-29-14-21(16)32-24)30-18-4-9-37-25(18)26(28)35/h4,9-15,30-32H,5-8H2,1-3H3,(H2,28,35). The number of hydrogen-bond donors (Lipinski definition) is 4. The molecule has 0 unspecified atom stereocenters. The van der Waals surface area contributed by atoms with Crippen molar-refractivity contribution in [2.24, 2.45) is 5.73 Å².